The number of carbonyl (C=O) groups is 2. The van der Waals surface area contributed by atoms with Gasteiger partial charge in [-0.15, -0.1) is 21.5 Å². The van der Waals surface area contributed by atoms with Crippen LogP contribution in [0.1, 0.15) is 47.6 Å². The largest absolute Gasteiger partial charge is 0.328 e. The van der Waals surface area contributed by atoms with Crippen LogP contribution >= 0.6 is 23.1 Å². The van der Waals surface area contributed by atoms with Gasteiger partial charge in [-0.1, -0.05) is 29.5 Å². The Bertz CT molecular complexity index is 1070. The molecular formula is C21H24N6O2S2. The molecule has 0 spiro atoms. The maximum Gasteiger partial charge on any atom is 0.254 e. The van der Waals surface area contributed by atoms with Gasteiger partial charge in [0, 0.05) is 30.2 Å². The average Bonchev–Trinajstić information content (AvgIpc) is 3.51. The number of carbonyl (C=O) groups excluding carboxylic acids is 2. The second-order valence-electron chi connectivity index (χ2n) is 7.29. The van der Waals surface area contributed by atoms with Gasteiger partial charge in [0.15, 0.2) is 16.1 Å². The lowest BCUT2D eigenvalue weighted by Crippen LogP contribution is -2.32. The maximum absolute atomic E-state index is 13.2. The molecule has 0 aliphatic carbocycles. The number of hydrogen-bond acceptors (Lipinski definition) is 7. The Morgan fingerprint density at radius 2 is 2.19 bits per heavy atom. The lowest BCUT2D eigenvalue weighted by atomic mass is 10.1. The summed E-state index contributed by atoms with van der Waals surface area (Å²) in [6.45, 7) is 5.38. The number of benzene rings is 1. The minimum Gasteiger partial charge on any atom is -0.328 e. The molecule has 3 heterocycles. The van der Waals surface area contributed by atoms with E-state index >= 15 is 0 Å². The topological polar surface area (TPSA) is 93.0 Å². The smallest absolute Gasteiger partial charge is 0.254 e. The number of thiazole rings is 1. The fourth-order valence-corrected chi connectivity index (χ4v) is 5.10. The van der Waals surface area contributed by atoms with Gasteiger partial charge in [-0.05, 0) is 38.8 Å². The molecule has 1 N–H and O–H groups in total. The second-order valence-corrected chi connectivity index (χ2v) is 9.12. The summed E-state index contributed by atoms with van der Waals surface area (Å²) >= 11 is 2.72. The lowest BCUT2D eigenvalue weighted by Gasteiger charge is -2.24. The fourth-order valence-electron chi connectivity index (χ4n) is 3.74. The average molecular weight is 457 g/mol. The summed E-state index contributed by atoms with van der Waals surface area (Å²) in [4.78, 5) is 31.3. The molecule has 10 heteroatoms. The zero-order valence-electron chi connectivity index (χ0n) is 17.4. The van der Waals surface area contributed by atoms with Crippen LogP contribution in [0.25, 0.3) is 0 Å². The first-order valence-electron chi connectivity index (χ1n) is 10.2. The van der Waals surface area contributed by atoms with Crippen LogP contribution in [0, 0.1) is 6.92 Å². The first kappa shape index (κ1) is 21.5. The van der Waals surface area contributed by atoms with Crippen molar-refractivity contribution >= 4 is 40.0 Å². The monoisotopic (exact) mass is 456 g/mol. The van der Waals surface area contributed by atoms with Crippen LogP contribution in [0.5, 0.6) is 0 Å². The van der Waals surface area contributed by atoms with Gasteiger partial charge in [-0.3, -0.25) is 9.59 Å². The van der Waals surface area contributed by atoms with E-state index < -0.39 is 0 Å². The number of likely N-dealkylation sites (tertiary alicyclic amines) is 1. The summed E-state index contributed by atoms with van der Waals surface area (Å²) in [6, 6.07) is 7.56. The predicted octanol–water partition coefficient (Wildman–Crippen LogP) is 3.77. The van der Waals surface area contributed by atoms with Crippen LogP contribution in [0.15, 0.2) is 41.0 Å². The van der Waals surface area contributed by atoms with Gasteiger partial charge >= 0.3 is 0 Å². The van der Waals surface area contributed by atoms with Crippen molar-refractivity contribution in [2.45, 2.75) is 44.4 Å². The number of nitrogens with zero attached hydrogens (tertiary/aromatic N) is 5. The molecule has 1 saturated heterocycles. The third-order valence-corrected chi connectivity index (χ3v) is 6.80. The van der Waals surface area contributed by atoms with E-state index in [0.29, 0.717) is 28.9 Å². The summed E-state index contributed by atoms with van der Waals surface area (Å²) < 4.78 is 2.01. The van der Waals surface area contributed by atoms with E-state index in [1.165, 1.54) is 23.1 Å². The van der Waals surface area contributed by atoms with E-state index in [2.05, 4.69) is 20.5 Å². The highest BCUT2D eigenvalue weighted by Gasteiger charge is 2.34. The molecule has 31 heavy (non-hydrogen) atoms. The van der Waals surface area contributed by atoms with E-state index in [0.717, 1.165) is 24.2 Å². The quantitative estimate of drug-likeness (QED) is 0.544. The predicted molar refractivity (Wildman–Crippen MR) is 121 cm³/mol. The van der Waals surface area contributed by atoms with Crippen molar-refractivity contribution in [1.82, 2.24) is 24.6 Å². The number of aromatic nitrogens is 4. The molecular weight excluding hydrogens is 432 g/mol. The second kappa shape index (κ2) is 9.61. The number of aryl methyl sites for hydroxylation is 1. The summed E-state index contributed by atoms with van der Waals surface area (Å²) in [7, 11) is 0. The first-order chi connectivity index (χ1) is 15.1. The molecule has 4 rings (SSSR count). The number of amides is 2. The van der Waals surface area contributed by atoms with Crippen molar-refractivity contribution < 1.29 is 9.59 Å². The Morgan fingerprint density at radius 1 is 1.32 bits per heavy atom. The summed E-state index contributed by atoms with van der Waals surface area (Å²) in [5.74, 6) is 0.885. The van der Waals surface area contributed by atoms with Gasteiger partial charge in [0.1, 0.15) is 0 Å². The van der Waals surface area contributed by atoms with Crippen molar-refractivity contribution in [1.29, 1.82) is 0 Å². The molecule has 0 saturated carbocycles. The zero-order valence-corrected chi connectivity index (χ0v) is 19.1. The van der Waals surface area contributed by atoms with Crippen LogP contribution < -0.4 is 5.32 Å². The first-order valence-corrected chi connectivity index (χ1v) is 12.1. The Morgan fingerprint density at radius 3 is 2.94 bits per heavy atom. The summed E-state index contributed by atoms with van der Waals surface area (Å²) in [6.07, 6.45) is 3.43. The Balaban J connectivity index is 1.48. The molecule has 1 aliphatic heterocycles. The van der Waals surface area contributed by atoms with Crippen molar-refractivity contribution in [3.05, 3.63) is 52.8 Å². The van der Waals surface area contributed by atoms with Gasteiger partial charge in [-0.25, -0.2) is 4.98 Å². The SMILES string of the molecule is CCn1c(SCC(=O)Nc2nccs2)nnc1C1CCCN1C(=O)c1cccc(C)c1. The van der Waals surface area contributed by atoms with Crippen molar-refractivity contribution in [3.8, 4) is 0 Å². The third-order valence-electron chi connectivity index (χ3n) is 5.15. The number of hydrogen-bond donors (Lipinski definition) is 1. The maximum atomic E-state index is 13.2. The van der Waals surface area contributed by atoms with Crippen LogP contribution in [-0.2, 0) is 11.3 Å². The third kappa shape index (κ3) is 4.80. The van der Waals surface area contributed by atoms with E-state index in [9.17, 15) is 9.59 Å². The molecule has 8 nitrogen and oxygen atoms in total. The van der Waals surface area contributed by atoms with Gasteiger partial charge in [-0.2, -0.15) is 0 Å². The van der Waals surface area contributed by atoms with Gasteiger partial charge in [0.2, 0.25) is 5.91 Å². The number of thioether (sulfide) groups is 1. The zero-order chi connectivity index (χ0) is 21.8. The summed E-state index contributed by atoms with van der Waals surface area (Å²) in [5, 5.41) is 14.6. The van der Waals surface area contributed by atoms with E-state index in [1.54, 1.807) is 6.20 Å². The molecule has 0 bridgehead atoms. The highest BCUT2D eigenvalue weighted by atomic mass is 32.2. The standard InChI is InChI=1S/C21H24N6O2S2/c1-3-26-18(24-25-21(26)31-13-17(28)23-20-22-9-11-30-20)16-8-5-10-27(16)19(29)15-7-4-6-14(2)12-15/h4,6-7,9,11-12,16H,3,5,8,10,13H2,1-2H3,(H,22,23,28). The fraction of sp³-hybridized carbons (Fsp3) is 0.381. The van der Waals surface area contributed by atoms with Gasteiger partial charge < -0.3 is 14.8 Å². The van der Waals surface area contributed by atoms with Crippen molar-refractivity contribution in [3.63, 3.8) is 0 Å². The van der Waals surface area contributed by atoms with Crippen molar-refractivity contribution in [2.24, 2.45) is 0 Å². The van der Waals surface area contributed by atoms with Gasteiger partial charge in [0.05, 0.1) is 11.8 Å². The van der Waals surface area contributed by atoms with Crippen LogP contribution in [0.4, 0.5) is 5.13 Å². The van der Waals surface area contributed by atoms with Crippen molar-refractivity contribution in [2.75, 3.05) is 17.6 Å². The van der Waals surface area contributed by atoms with E-state index in [-0.39, 0.29) is 23.6 Å². The molecule has 2 aromatic heterocycles. The Hall–Kier alpha value is -2.72. The van der Waals surface area contributed by atoms with E-state index in [4.69, 9.17) is 0 Å². The molecule has 1 atom stereocenters. The molecule has 3 aromatic rings. The lowest BCUT2D eigenvalue weighted by molar-refractivity contribution is -0.113. The molecule has 0 radical (unpaired) electrons. The molecule has 2 amide bonds. The number of rotatable bonds is 7. The van der Waals surface area contributed by atoms with Gasteiger partial charge in [0.25, 0.3) is 5.91 Å². The molecule has 1 fully saturated rings. The Labute approximate surface area is 189 Å². The minimum absolute atomic E-state index is 0.0221. The van der Waals surface area contributed by atoms with Crippen LogP contribution in [-0.4, -0.2) is 48.8 Å². The minimum atomic E-state index is -0.135. The molecule has 1 aromatic carbocycles. The molecule has 162 valence electrons. The molecule has 1 unspecified atom stereocenters. The van der Waals surface area contributed by atoms with Crippen LogP contribution in [0.2, 0.25) is 0 Å². The van der Waals surface area contributed by atoms with Crippen LogP contribution in [0.3, 0.4) is 0 Å². The highest BCUT2D eigenvalue weighted by molar-refractivity contribution is 7.99. The van der Waals surface area contributed by atoms with E-state index in [1.807, 2.05) is 53.0 Å². The Kier molecular flexibility index (Phi) is 6.67. The number of nitrogens with one attached hydrogen (secondary N) is 1. The normalized spacial score (nSPS) is 15.9. The number of anilines is 1. The summed E-state index contributed by atoms with van der Waals surface area (Å²) in [5.41, 5.74) is 1.76. The highest BCUT2D eigenvalue weighted by Crippen LogP contribution is 2.34. The molecule has 1 aliphatic rings.